The maximum absolute atomic E-state index is 9.37. The predicted octanol–water partition coefficient (Wildman–Crippen LogP) is 2.99. The molecule has 0 saturated carbocycles. The van der Waals surface area contributed by atoms with E-state index in [4.69, 9.17) is 0 Å². The summed E-state index contributed by atoms with van der Waals surface area (Å²) in [5.41, 5.74) is 1.90. The summed E-state index contributed by atoms with van der Waals surface area (Å²) in [6, 6.07) is 7.23. The number of nitrogens with zero attached hydrogens (tertiary/aromatic N) is 1. The molecule has 0 aliphatic rings. The van der Waals surface area contributed by atoms with Crippen LogP contribution in [-0.2, 0) is 0 Å². The molecule has 0 fully saturated rings. The van der Waals surface area contributed by atoms with Gasteiger partial charge in [0.25, 0.3) is 0 Å². The zero-order valence-electron chi connectivity index (χ0n) is 11.9. The molecule has 0 spiro atoms. The van der Waals surface area contributed by atoms with Gasteiger partial charge in [-0.25, -0.2) is 0 Å². The summed E-state index contributed by atoms with van der Waals surface area (Å²) in [4.78, 5) is 4.23. The minimum Gasteiger partial charge on any atom is -0.508 e. The minimum atomic E-state index is 0.255. The molecule has 2 rings (SSSR count). The van der Waals surface area contributed by atoms with Crippen LogP contribution in [0, 0.1) is 0 Å². The second kappa shape index (κ2) is 8.32. The maximum atomic E-state index is 9.37. The van der Waals surface area contributed by atoms with E-state index in [1.165, 1.54) is 6.42 Å². The third-order valence-electron chi connectivity index (χ3n) is 2.57. The largest absolute Gasteiger partial charge is 0.508 e. The van der Waals surface area contributed by atoms with Gasteiger partial charge in [-0.1, -0.05) is 13.3 Å². The number of hydrogen-bond donors (Lipinski definition) is 3. The van der Waals surface area contributed by atoms with E-state index in [9.17, 15) is 5.11 Å². The van der Waals surface area contributed by atoms with E-state index in [1.54, 1.807) is 18.3 Å². The molecule has 104 valence electrons. The first-order valence-electron chi connectivity index (χ1n) is 6.63. The maximum Gasteiger partial charge on any atom is 0.117 e. The van der Waals surface area contributed by atoms with Crippen molar-refractivity contribution in [2.45, 2.75) is 19.8 Å². The van der Waals surface area contributed by atoms with Gasteiger partial charge in [-0.2, -0.15) is 0 Å². The molecule has 0 unspecified atom stereocenters. The molecule has 1 aromatic carbocycles. The number of rotatable bonds is 4. The van der Waals surface area contributed by atoms with Gasteiger partial charge in [0.05, 0.1) is 5.52 Å². The summed E-state index contributed by atoms with van der Waals surface area (Å²) >= 11 is 0. The Labute approximate surface area is 114 Å². The number of aromatic hydroxyl groups is 1. The standard InChI is InChI=1S/C13H16N2O.C2H7N/c1-2-3-7-14-12-6-8-15-13-9-10(16)4-5-11(12)13;1-3-2/h4-6,8-9,16H,2-3,7H2,1H3,(H,14,15);3H,1-2H3. The van der Waals surface area contributed by atoms with Gasteiger partial charge in [0.1, 0.15) is 5.75 Å². The van der Waals surface area contributed by atoms with E-state index in [0.717, 1.165) is 29.6 Å². The number of nitrogens with one attached hydrogen (secondary N) is 2. The summed E-state index contributed by atoms with van der Waals surface area (Å²) in [6.45, 7) is 3.14. The molecule has 0 aliphatic heterocycles. The SMILES string of the molecule is CCCCNc1ccnc2cc(O)ccc12.CNC. The molecule has 2 aromatic rings. The molecule has 0 amide bonds. The second-order valence-electron chi connectivity index (χ2n) is 4.34. The van der Waals surface area contributed by atoms with E-state index in [2.05, 4.69) is 22.5 Å². The lowest BCUT2D eigenvalue weighted by atomic mass is 10.1. The number of anilines is 1. The summed E-state index contributed by atoms with van der Waals surface area (Å²) in [5, 5.41) is 16.6. The van der Waals surface area contributed by atoms with E-state index in [1.807, 2.05) is 26.2 Å². The van der Waals surface area contributed by atoms with Crippen molar-refractivity contribution in [1.29, 1.82) is 0 Å². The highest BCUT2D eigenvalue weighted by atomic mass is 16.3. The van der Waals surface area contributed by atoms with Gasteiger partial charge in [0.15, 0.2) is 0 Å². The Kier molecular flexibility index (Phi) is 6.68. The van der Waals surface area contributed by atoms with Gasteiger partial charge in [0, 0.05) is 29.9 Å². The minimum absolute atomic E-state index is 0.255. The van der Waals surface area contributed by atoms with Crippen LogP contribution in [-0.4, -0.2) is 30.7 Å². The number of fused-ring (bicyclic) bond motifs is 1. The number of phenols is 1. The van der Waals surface area contributed by atoms with Crippen LogP contribution in [0.15, 0.2) is 30.5 Å². The number of hydrogen-bond acceptors (Lipinski definition) is 4. The van der Waals surface area contributed by atoms with Gasteiger partial charge in [0.2, 0.25) is 0 Å². The molecule has 4 nitrogen and oxygen atoms in total. The van der Waals surface area contributed by atoms with Crippen molar-refractivity contribution in [2.75, 3.05) is 26.0 Å². The normalized spacial score (nSPS) is 9.84. The van der Waals surface area contributed by atoms with Crippen molar-refractivity contribution in [2.24, 2.45) is 0 Å². The Bertz CT molecular complexity index is 500. The zero-order chi connectivity index (χ0) is 14.1. The number of phenolic OH excluding ortho intramolecular Hbond substituents is 1. The van der Waals surface area contributed by atoms with Gasteiger partial charge in [-0.15, -0.1) is 0 Å². The first-order valence-corrected chi connectivity index (χ1v) is 6.63. The van der Waals surface area contributed by atoms with Crippen molar-refractivity contribution in [3.8, 4) is 5.75 Å². The van der Waals surface area contributed by atoms with Gasteiger partial charge >= 0.3 is 0 Å². The van der Waals surface area contributed by atoms with Crippen LogP contribution >= 0.6 is 0 Å². The average Bonchev–Trinajstić information content (AvgIpc) is 2.39. The van der Waals surface area contributed by atoms with Crippen LogP contribution in [0.1, 0.15) is 19.8 Å². The van der Waals surface area contributed by atoms with E-state index >= 15 is 0 Å². The van der Waals surface area contributed by atoms with Crippen molar-refractivity contribution in [1.82, 2.24) is 10.3 Å². The third kappa shape index (κ3) is 4.75. The monoisotopic (exact) mass is 261 g/mol. The number of unbranched alkanes of at least 4 members (excludes halogenated alkanes) is 1. The molecule has 0 saturated heterocycles. The van der Waals surface area contributed by atoms with Crippen molar-refractivity contribution in [3.05, 3.63) is 30.5 Å². The lowest BCUT2D eigenvalue weighted by Crippen LogP contribution is -2.01. The summed E-state index contributed by atoms with van der Waals surface area (Å²) in [5.74, 6) is 0.255. The number of benzene rings is 1. The highest BCUT2D eigenvalue weighted by Gasteiger charge is 2.01. The Morgan fingerprint density at radius 3 is 2.63 bits per heavy atom. The fourth-order valence-corrected chi connectivity index (χ4v) is 1.69. The number of pyridine rings is 1. The Hall–Kier alpha value is -1.81. The van der Waals surface area contributed by atoms with E-state index in [-0.39, 0.29) is 5.75 Å². The van der Waals surface area contributed by atoms with Crippen molar-refractivity contribution in [3.63, 3.8) is 0 Å². The molecule has 1 heterocycles. The highest BCUT2D eigenvalue weighted by molar-refractivity contribution is 5.91. The number of aromatic nitrogens is 1. The van der Waals surface area contributed by atoms with Gasteiger partial charge in [-0.3, -0.25) is 4.98 Å². The molecule has 1 aromatic heterocycles. The summed E-state index contributed by atoms with van der Waals surface area (Å²) < 4.78 is 0. The highest BCUT2D eigenvalue weighted by Crippen LogP contribution is 2.24. The first kappa shape index (κ1) is 15.2. The molecule has 0 atom stereocenters. The van der Waals surface area contributed by atoms with Gasteiger partial charge in [-0.05, 0) is 38.7 Å². The molecule has 3 N–H and O–H groups in total. The molecule has 4 heteroatoms. The van der Waals surface area contributed by atoms with E-state index in [0.29, 0.717) is 0 Å². The topological polar surface area (TPSA) is 57.2 Å². The molecule has 0 bridgehead atoms. The molecule has 0 aliphatic carbocycles. The lowest BCUT2D eigenvalue weighted by Gasteiger charge is -2.08. The molecule has 0 radical (unpaired) electrons. The van der Waals surface area contributed by atoms with Crippen LogP contribution in [0.3, 0.4) is 0 Å². The van der Waals surface area contributed by atoms with Crippen molar-refractivity contribution < 1.29 is 5.11 Å². The summed E-state index contributed by atoms with van der Waals surface area (Å²) in [6.07, 6.45) is 4.09. The quantitative estimate of drug-likeness (QED) is 0.741. The molecular formula is C15H23N3O. The van der Waals surface area contributed by atoms with Crippen LogP contribution in [0.25, 0.3) is 10.9 Å². The smallest absolute Gasteiger partial charge is 0.117 e. The fourth-order valence-electron chi connectivity index (χ4n) is 1.69. The van der Waals surface area contributed by atoms with Crippen LogP contribution in [0.5, 0.6) is 5.75 Å². The lowest BCUT2D eigenvalue weighted by molar-refractivity contribution is 0.476. The van der Waals surface area contributed by atoms with Crippen LogP contribution in [0.4, 0.5) is 5.69 Å². The predicted molar refractivity (Wildman–Crippen MR) is 81.8 cm³/mol. The Morgan fingerprint density at radius 1 is 1.21 bits per heavy atom. The average molecular weight is 261 g/mol. The molecular weight excluding hydrogens is 238 g/mol. The Morgan fingerprint density at radius 2 is 1.95 bits per heavy atom. The fraction of sp³-hybridized carbons (Fsp3) is 0.400. The van der Waals surface area contributed by atoms with Crippen LogP contribution < -0.4 is 10.6 Å². The van der Waals surface area contributed by atoms with E-state index < -0.39 is 0 Å². The zero-order valence-corrected chi connectivity index (χ0v) is 11.9. The molecule has 19 heavy (non-hydrogen) atoms. The van der Waals surface area contributed by atoms with Crippen LogP contribution in [0.2, 0.25) is 0 Å². The third-order valence-corrected chi connectivity index (χ3v) is 2.57. The van der Waals surface area contributed by atoms with Crippen molar-refractivity contribution >= 4 is 16.6 Å². The Balaban J connectivity index is 0.000000550. The second-order valence-corrected chi connectivity index (χ2v) is 4.34. The van der Waals surface area contributed by atoms with Gasteiger partial charge < -0.3 is 15.7 Å². The summed E-state index contributed by atoms with van der Waals surface area (Å²) in [7, 11) is 3.75. The first-order chi connectivity index (χ1) is 9.22.